The average Bonchev–Trinajstić information content (AvgIpc) is 3.21. The fraction of sp³-hybridized carbons (Fsp3) is 0.133. The molecule has 1 atom stereocenters. The van der Waals surface area contributed by atoms with E-state index in [4.69, 9.17) is 9.47 Å². The highest BCUT2D eigenvalue weighted by Crippen LogP contribution is 2.45. The predicted octanol–water partition coefficient (Wildman–Crippen LogP) is 3.73. The number of hydrogen-bond donors (Lipinski definition) is 2. The Kier molecular flexibility index (Phi) is 6.72. The van der Waals surface area contributed by atoms with Crippen molar-refractivity contribution in [3.63, 3.8) is 0 Å². The number of hydrazine groups is 1. The van der Waals surface area contributed by atoms with Crippen LogP contribution >= 0.6 is 0 Å². The number of methoxy groups -OCH3 is 1. The van der Waals surface area contributed by atoms with E-state index in [0.717, 1.165) is 10.4 Å². The maximum atomic E-state index is 14.3. The largest absolute Gasteiger partial charge is 0.497 e. The van der Waals surface area contributed by atoms with Crippen LogP contribution in [-0.4, -0.2) is 37.4 Å². The fourth-order valence-electron chi connectivity index (χ4n) is 4.67. The topological polar surface area (TPSA) is 114 Å². The highest BCUT2D eigenvalue weighted by atomic mass is 16.5. The Hall–Kier alpha value is -5.18. The number of hydrogen-bond acceptors (Lipinski definition) is 6. The van der Waals surface area contributed by atoms with Crippen LogP contribution < -0.4 is 20.5 Å². The Morgan fingerprint density at radius 3 is 2.18 bits per heavy atom. The van der Waals surface area contributed by atoms with Crippen LogP contribution in [-0.2, 0) is 19.9 Å². The number of nitrogens with zero attached hydrogens (tertiary/aromatic N) is 1. The first-order valence-electron chi connectivity index (χ1n) is 12.3. The van der Waals surface area contributed by atoms with Gasteiger partial charge in [0.1, 0.15) is 5.75 Å². The van der Waals surface area contributed by atoms with Crippen molar-refractivity contribution in [3.8, 4) is 5.75 Å². The van der Waals surface area contributed by atoms with Crippen molar-refractivity contribution in [1.82, 2.24) is 10.7 Å². The summed E-state index contributed by atoms with van der Waals surface area (Å²) < 4.78 is 10.5. The van der Waals surface area contributed by atoms with E-state index in [1.165, 1.54) is 19.2 Å². The molecule has 1 heterocycles. The number of anilines is 1. The highest BCUT2D eigenvalue weighted by molar-refractivity contribution is 6.25. The van der Waals surface area contributed by atoms with Gasteiger partial charge in [-0.05, 0) is 60.2 Å². The van der Waals surface area contributed by atoms with E-state index in [9.17, 15) is 19.2 Å². The summed E-state index contributed by atoms with van der Waals surface area (Å²) in [7, 11) is 1.50. The summed E-state index contributed by atoms with van der Waals surface area (Å²) in [5, 5.41) is 4.95. The lowest BCUT2D eigenvalue weighted by atomic mass is 9.86. The van der Waals surface area contributed by atoms with Crippen molar-refractivity contribution in [2.45, 2.75) is 12.5 Å². The first-order valence-corrected chi connectivity index (χ1v) is 12.3. The molecule has 0 fully saturated rings. The van der Waals surface area contributed by atoms with Crippen molar-refractivity contribution in [2.75, 3.05) is 18.7 Å². The number of fused-ring (bicyclic) bond motifs is 3. The molecule has 9 heteroatoms. The second-order valence-corrected chi connectivity index (χ2v) is 8.78. The average molecular weight is 524 g/mol. The zero-order valence-electron chi connectivity index (χ0n) is 21.3. The number of amides is 3. The maximum absolute atomic E-state index is 14.3. The van der Waals surface area contributed by atoms with Gasteiger partial charge in [0.2, 0.25) is 5.54 Å². The van der Waals surface area contributed by atoms with E-state index in [1.54, 1.807) is 73.7 Å². The van der Waals surface area contributed by atoms with Gasteiger partial charge in [0.15, 0.2) is 0 Å². The Bertz CT molecular complexity index is 1590. The third-order valence-electron chi connectivity index (χ3n) is 6.53. The normalized spacial score (nSPS) is 15.9. The van der Waals surface area contributed by atoms with E-state index in [-0.39, 0.29) is 23.4 Å². The summed E-state index contributed by atoms with van der Waals surface area (Å²) >= 11 is 0. The van der Waals surface area contributed by atoms with Gasteiger partial charge in [-0.1, -0.05) is 48.5 Å². The second kappa shape index (κ2) is 10.3. The summed E-state index contributed by atoms with van der Waals surface area (Å²) in [6, 6.07) is 25.1. The van der Waals surface area contributed by atoms with Crippen LogP contribution in [0.1, 0.15) is 33.2 Å². The monoisotopic (exact) mass is 523 g/mol. The van der Waals surface area contributed by atoms with E-state index in [1.807, 2.05) is 12.1 Å². The van der Waals surface area contributed by atoms with Crippen molar-refractivity contribution in [3.05, 3.63) is 108 Å². The van der Waals surface area contributed by atoms with Crippen LogP contribution in [0.25, 0.3) is 10.8 Å². The van der Waals surface area contributed by atoms with E-state index in [2.05, 4.69) is 10.7 Å². The molecule has 39 heavy (non-hydrogen) atoms. The Balaban J connectivity index is 1.68. The zero-order valence-corrected chi connectivity index (χ0v) is 21.3. The van der Waals surface area contributed by atoms with Gasteiger partial charge in [0, 0.05) is 16.7 Å². The van der Waals surface area contributed by atoms with Crippen LogP contribution in [0.3, 0.4) is 0 Å². The third kappa shape index (κ3) is 4.33. The minimum absolute atomic E-state index is 0.0389. The summed E-state index contributed by atoms with van der Waals surface area (Å²) in [5.41, 5.74) is 1.30. The van der Waals surface area contributed by atoms with Gasteiger partial charge >= 0.3 is 5.97 Å². The SMILES string of the molecule is CCOC(=O)[C@@]1(NC(=O)c2ccc(OC)cc2)C(=O)N(NC(=O)c2ccccc2)c2ccc3ccccc3c21. The van der Waals surface area contributed by atoms with Crippen LogP contribution in [0.15, 0.2) is 91.0 Å². The Morgan fingerprint density at radius 1 is 0.821 bits per heavy atom. The number of nitrogens with one attached hydrogen (secondary N) is 2. The lowest BCUT2D eigenvalue weighted by molar-refractivity contribution is -0.154. The molecule has 1 aliphatic heterocycles. The third-order valence-corrected chi connectivity index (χ3v) is 6.53. The van der Waals surface area contributed by atoms with Gasteiger partial charge in [-0.15, -0.1) is 0 Å². The van der Waals surface area contributed by atoms with Gasteiger partial charge in [0.05, 0.1) is 19.4 Å². The van der Waals surface area contributed by atoms with Crippen LogP contribution in [0, 0.1) is 0 Å². The molecule has 0 bridgehead atoms. The maximum Gasteiger partial charge on any atom is 0.346 e. The first-order chi connectivity index (χ1) is 18.9. The van der Waals surface area contributed by atoms with Gasteiger partial charge < -0.3 is 14.8 Å². The van der Waals surface area contributed by atoms with Crippen LogP contribution in [0.2, 0.25) is 0 Å². The lowest BCUT2D eigenvalue weighted by Crippen LogP contribution is -2.61. The highest BCUT2D eigenvalue weighted by Gasteiger charge is 2.60. The summed E-state index contributed by atoms with van der Waals surface area (Å²) in [5.74, 6) is -2.56. The van der Waals surface area contributed by atoms with Gasteiger partial charge in [-0.2, -0.15) is 0 Å². The Labute approximate surface area is 224 Å². The predicted molar refractivity (Wildman–Crippen MR) is 144 cm³/mol. The second-order valence-electron chi connectivity index (χ2n) is 8.78. The molecule has 0 aromatic heterocycles. The molecule has 0 aliphatic carbocycles. The molecule has 4 aromatic rings. The molecule has 196 valence electrons. The standard InChI is InChI=1S/C30H25N3O6/c1-3-39-29(37)30(31-26(34)21-13-16-22(38-2)17-14-21)25-23-12-8-7-9-19(23)15-18-24(25)33(28(30)36)32-27(35)20-10-5-4-6-11-20/h4-18H,3H2,1-2H3,(H,31,34)(H,32,35)/t30-/m0/s1. The fourth-order valence-corrected chi connectivity index (χ4v) is 4.67. The van der Waals surface area contributed by atoms with Gasteiger partial charge in [-0.25, -0.2) is 9.80 Å². The van der Waals surface area contributed by atoms with Crippen molar-refractivity contribution in [2.24, 2.45) is 0 Å². The smallest absolute Gasteiger partial charge is 0.346 e. The number of rotatable bonds is 7. The van der Waals surface area contributed by atoms with E-state index >= 15 is 0 Å². The molecule has 4 aromatic carbocycles. The van der Waals surface area contributed by atoms with Crippen molar-refractivity contribution in [1.29, 1.82) is 0 Å². The molecular formula is C30H25N3O6. The lowest BCUT2D eigenvalue weighted by Gasteiger charge is -2.28. The quantitative estimate of drug-likeness (QED) is 0.282. The number of esters is 1. The van der Waals surface area contributed by atoms with Crippen molar-refractivity contribution >= 4 is 40.2 Å². The molecule has 5 rings (SSSR count). The molecule has 0 radical (unpaired) electrons. The van der Waals surface area contributed by atoms with Crippen LogP contribution in [0.4, 0.5) is 5.69 Å². The summed E-state index contributed by atoms with van der Waals surface area (Å²) in [6.07, 6.45) is 0. The van der Waals surface area contributed by atoms with E-state index < -0.39 is 29.2 Å². The number of carbonyl (C=O) groups is 4. The molecule has 0 saturated carbocycles. The van der Waals surface area contributed by atoms with E-state index in [0.29, 0.717) is 16.7 Å². The summed E-state index contributed by atoms with van der Waals surface area (Å²) in [4.78, 5) is 54.6. The molecular weight excluding hydrogens is 498 g/mol. The number of ether oxygens (including phenoxy) is 2. The molecule has 0 saturated heterocycles. The summed E-state index contributed by atoms with van der Waals surface area (Å²) in [6.45, 7) is 1.57. The minimum atomic E-state index is -2.27. The van der Waals surface area contributed by atoms with Crippen LogP contribution in [0.5, 0.6) is 5.75 Å². The first kappa shape index (κ1) is 25.5. The van der Waals surface area contributed by atoms with Gasteiger partial charge in [-0.3, -0.25) is 19.8 Å². The number of benzene rings is 4. The molecule has 1 aliphatic rings. The van der Waals surface area contributed by atoms with Gasteiger partial charge in [0.25, 0.3) is 17.7 Å². The molecule has 3 amide bonds. The Morgan fingerprint density at radius 2 is 1.49 bits per heavy atom. The molecule has 0 unspecified atom stereocenters. The van der Waals surface area contributed by atoms with Crippen molar-refractivity contribution < 1.29 is 28.7 Å². The molecule has 9 nitrogen and oxygen atoms in total. The zero-order chi connectivity index (χ0) is 27.6. The molecule has 2 N–H and O–H groups in total. The molecule has 0 spiro atoms. The number of carbonyl (C=O) groups excluding carboxylic acids is 4. The minimum Gasteiger partial charge on any atom is -0.497 e.